The van der Waals surface area contributed by atoms with Gasteiger partial charge in [-0.15, -0.1) is 0 Å². The Labute approximate surface area is 354 Å². The van der Waals surface area contributed by atoms with Gasteiger partial charge in [-0.1, -0.05) is 67.0 Å². The molecule has 1 heterocycles. The largest absolute Gasteiger partial charge is 0.481 e. The van der Waals surface area contributed by atoms with Gasteiger partial charge in [0.1, 0.15) is 12.5 Å². The zero-order valence-corrected chi connectivity index (χ0v) is 37.1. The third-order valence-corrected chi connectivity index (χ3v) is 18.1. The number of carbonyl (C=O) groups is 4. The van der Waals surface area contributed by atoms with E-state index in [0.29, 0.717) is 37.0 Å². The van der Waals surface area contributed by atoms with Gasteiger partial charge >= 0.3 is 24.2 Å². The minimum atomic E-state index is -4.64. The van der Waals surface area contributed by atoms with Gasteiger partial charge in [0, 0.05) is 11.5 Å². The van der Waals surface area contributed by atoms with Crippen LogP contribution in [0.2, 0.25) is 0 Å². The Morgan fingerprint density at radius 2 is 1.65 bits per heavy atom. The molecule has 6 aliphatic rings. The molecule has 1 aromatic rings. The molecule has 9 nitrogen and oxygen atoms in total. The third-order valence-electron chi connectivity index (χ3n) is 18.1. The van der Waals surface area contributed by atoms with E-state index in [1.54, 1.807) is 6.92 Å². The number of anilines is 1. The van der Waals surface area contributed by atoms with Crippen LogP contribution in [-0.2, 0) is 30.0 Å². The predicted octanol–water partition coefficient (Wildman–Crippen LogP) is 11.1. The number of hydrogen-bond donors (Lipinski definition) is 2. The van der Waals surface area contributed by atoms with E-state index in [2.05, 4.69) is 59.9 Å². The lowest BCUT2D eigenvalue weighted by Gasteiger charge is -2.71. The molecule has 0 aromatic heterocycles. The van der Waals surface area contributed by atoms with Crippen molar-refractivity contribution in [2.75, 3.05) is 11.5 Å². The highest BCUT2D eigenvalue weighted by atomic mass is 19.4. The van der Waals surface area contributed by atoms with E-state index in [4.69, 9.17) is 9.47 Å². The van der Waals surface area contributed by atoms with Gasteiger partial charge in [-0.05, 0) is 147 Å². The summed E-state index contributed by atoms with van der Waals surface area (Å²) < 4.78 is 53.1. The number of esters is 1. The molecule has 4 saturated carbocycles. The molecule has 0 spiro atoms. The second-order valence-electron chi connectivity index (χ2n) is 20.9. The van der Waals surface area contributed by atoms with Crippen molar-refractivity contribution >= 4 is 29.6 Å². The highest BCUT2D eigenvalue weighted by Gasteiger charge is 2.70. The van der Waals surface area contributed by atoms with Gasteiger partial charge in [0.25, 0.3) is 0 Å². The number of aliphatic carboxylic acids is 1. The minimum absolute atomic E-state index is 0.0200. The summed E-state index contributed by atoms with van der Waals surface area (Å²) in [6.07, 6.45) is 4.42. The average molecular weight is 841 g/mol. The number of nitrogens with zero attached hydrogens (tertiary/aromatic N) is 1. The molecule has 0 unspecified atom stereocenters. The van der Waals surface area contributed by atoms with Crippen LogP contribution in [0.4, 0.5) is 23.7 Å². The van der Waals surface area contributed by atoms with Gasteiger partial charge in [-0.2, -0.15) is 13.2 Å². The van der Waals surface area contributed by atoms with Gasteiger partial charge in [0.05, 0.1) is 29.3 Å². The first-order valence-electron chi connectivity index (χ1n) is 22.6. The zero-order chi connectivity index (χ0) is 44.0. The lowest BCUT2D eigenvalue weighted by Crippen LogP contribution is -2.65. The molecule has 1 aromatic carbocycles. The number of alkyl halides is 3. The highest BCUT2D eigenvalue weighted by molar-refractivity contribution is 5.95. The molecule has 7 rings (SSSR count). The molecule has 0 radical (unpaired) electrons. The van der Waals surface area contributed by atoms with E-state index in [-0.39, 0.29) is 52.4 Å². The molecular formula is C48H67F3N2O7. The first-order chi connectivity index (χ1) is 28.0. The van der Waals surface area contributed by atoms with Crippen LogP contribution in [0.15, 0.2) is 29.8 Å². The minimum Gasteiger partial charge on any atom is -0.481 e. The van der Waals surface area contributed by atoms with Crippen LogP contribution in [0.3, 0.4) is 0 Å². The van der Waals surface area contributed by atoms with Gasteiger partial charge < -0.3 is 19.9 Å². The quantitative estimate of drug-likeness (QED) is 0.159. The molecule has 5 aliphatic carbocycles. The monoisotopic (exact) mass is 840 g/mol. The van der Waals surface area contributed by atoms with Crippen LogP contribution in [0.25, 0.3) is 0 Å². The number of fused-ring (bicyclic) bond motifs is 8. The number of rotatable bonds is 7. The van der Waals surface area contributed by atoms with E-state index >= 15 is 0 Å². The van der Waals surface area contributed by atoms with Crippen molar-refractivity contribution in [3.8, 4) is 0 Å². The van der Waals surface area contributed by atoms with Gasteiger partial charge in [0.2, 0.25) is 5.91 Å². The maximum absolute atomic E-state index is 13.9. The second-order valence-corrected chi connectivity index (χ2v) is 20.9. The molecule has 12 heteroatoms. The maximum atomic E-state index is 13.9. The van der Waals surface area contributed by atoms with Crippen molar-refractivity contribution in [2.24, 2.45) is 56.7 Å². The smallest absolute Gasteiger partial charge is 0.416 e. The molecule has 4 fully saturated rings. The third kappa shape index (κ3) is 6.78. The predicted molar refractivity (Wildman–Crippen MR) is 222 cm³/mol. The molecule has 2 N–H and O–H groups in total. The summed E-state index contributed by atoms with van der Waals surface area (Å²) in [6.45, 7) is 19.9. The van der Waals surface area contributed by atoms with Crippen LogP contribution >= 0.6 is 0 Å². The molecule has 12 atom stereocenters. The van der Waals surface area contributed by atoms with Crippen molar-refractivity contribution in [1.82, 2.24) is 5.32 Å². The summed E-state index contributed by atoms with van der Waals surface area (Å²) in [7, 11) is 0. The standard InChI is InChI=1S/C48H67F3N2O7/c1-10-30-25-33(31-24-29(48(49,50)51)12-14-34(31)53(30)42(58)59-11-2)52-38(54)26-39(55)60-37-18-19-44(7)35(43(37,5)6)17-20-46(9)36(44)15-13-32-40-28(4)27(3)16-21-47(40,41(56)57)23-22-45(32,46)8/h12-14,24,27-28,30,33,35-37,40H,10-11,15-23,25-26H2,1-9H3,(H,52,54)(H,56,57)/t27-,28+,30-,33+,35+,36-,37+,40+,44+,45-,46-,47+/m1/s1. The molecule has 1 aliphatic heterocycles. The summed E-state index contributed by atoms with van der Waals surface area (Å²) in [5.41, 5.74) is -0.405. The van der Waals surface area contributed by atoms with E-state index in [9.17, 15) is 37.5 Å². The topological polar surface area (TPSA) is 122 Å². The summed E-state index contributed by atoms with van der Waals surface area (Å²) in [6, 6.07) is 1.80. The van der Waals surface area contributed by atoms with Crippen molar-refractivity contribution in [2.45, 2.75) is 164 Å². The average Bonchev–Trinajstić information content (AvgIpc) is 3.16. The lowest BCUT2D eigenvalue weighted by atomic mass is 9.33. The maximum Gasteiger partial charge on any atom is 0.416 e. The van der Waals surface area contributed by atoms with Crippen LogP contribution in [0.1, 0.15) is 157 Å². The Bertz CT molecular complexity index is 1930. The number of carbonyl (C=O) groups excluding carboxylic acids is 3. The number of amides is 2. The first kappa shape index (κ1) is 44.5. The van der Waals surface area contributed by atoms with E-state index < -0.39 is 71.1 Å². The normalized spacial score (nSPS) is 39.3. The highest BCUT2D eigenvalue weighted by Crippen LogP contribution is 2.76. The fourth-order valence-electron chi connectivity index (χ4n) is 14.5. The second kappa shape index (κ2) is 15.4. The Kier molecular flexibility index (Phi) is 11.4. The number of carboxylic acids is 1. The zero-order valence-electron chi connectivity index (χ0n) is 37.1. The Balaban J connectivity index is 1.07. The number of nitrogens with one attached hydrogen (secondary N) is 1. The molecular weight excluding hydrogens is 774 g/mol. The van der Waals surface area contributed by atoms with E-state index in [1.807, 2.05) is 6.92 Å². The van der Waals surface area contributed by atoms with Crippen molar-refractivity contribution < 1.29 is 46.9 Å². The van der Waals surface area contributed by atoms with Gasteiger partial charge in [0.15, 0.2) is 0 Å². The van der Waals surface area contributed by atoms with E-state index in [1.165, 1.54) is 16.5 Å². The Morgan fingerprint density at radius 3 is 2.30 bits per heavy atom. The summed E-state index contributed by atoms with van der Waals surface area (Å²) in [4.78, 5) is 54.6. The first-order valence-corrected chi connectivity index (χ1v) is 22.6. The lowest BCUT2D eigenvalue weighted by molar-refractivity contribution is -0.214. The van der Waals surface area contributed by atoms with E-state index in [0.717, 1.165) is 57.1 Å². The van der Waals surface area contributed by atoms with Crippen LogP contribution in [0.5, 0.6) is 0 Å². The number of halogens is 3. The van der Waals surface area contributed by atoms with Gasteiger partial charge in [-0.25, -0.2) is 4.79 Å². The molecule has 332 valence electrons. The van der Waals surface area contributed by atoms with Gasteiger partial charge in [-0.3, -0.25) is 19.3 Å². The Hall–Kier alpha value is -3.57. The number of ether oxygens (including phenoxy) is 2. The number of allylic oxidation sites excluding steroid dienone is 2. The number of carboxylic acid groups (broad SMARTS) is 1. The fraction of sp³-hybridized carbons (Fsp3) is 0.750. The summed E-state index contributed by atoms with van der Waals surface area (Å²) in [5.74, 6) is -0.524. The van der Waals surface area contributed by atoms with Crippen LogP contribution in [-0.4, -0.2) is 47.8 Å². The van der Waals surface area contributed by atoms with Crippen molar-refractivity contribution in [3.05, 3.63) is 41.0 Å². The van der Waals surface area contributed by atoms with Crippen molar-refractivity contribution in [1.29, 1.82) is 0 Å². The number of hydrogen-bond acceptors (Lipinski definition) is 6. The summed E-state index contributed by atoms with van der Waals surface area (Å²) in [5, 5.41) is 13.6. The van der Waals surface area contributed by atoms with Crippen molar-refractivity contribution in [3.63, 3.8) is 0 Å². The summed E-state index contributed by atoms with van der Waals surface area (Å²) >= 11 is 0. The molecule has 0 bridgehead atoms. The Morgan fingerprint density at radius 1 is 0.933 bits per heavy atom. The molecule has 0 saturated heterocycles. The fourth-order valence-corrected chi connectivity index (χ4v) is 14.5. The SMILES string of the molecule is CCOC(=O)N1c2ccc(C(F)(F)F)cc2[C@@H](NC(=O)CC(=O)O[C@H]2CC[C@]3(C)[C@H]4CC=C5[C@@H]6[C@@H](C)[C@H](C)CC[C@]6(C(=O)O)CC[C@@]5(C)[C@]4(C)CC[C@H]3C2(C)C)C[C@H]1CC. The molecule has 2 amide bonds. The molecule has 60 heavy (non-hydrogen) atoms. The number of benzene rings is 1. The van der Waals surface area contributed by atoms with Crippen LogP contribution in [0, 0.1) is 56.7 Å². The van der Waals surface area contributed by atoms with Crippen LogP contribution < -0.4 is 10.2 Å².